The maximum absolute atomic E-state index is 12.5. The second kappa shape index (κ2) is 8.07. The summed E-state index contributed by atoms with van der Waals surface area (Å²) < 4.78 is 1.82. The van der Waals surface area contributed by atoms with Gasteiger partial charge in [0.05, 0.1) is 21.6 Å². The first kappa shape index (κ1) is 22.0. The minimum Gasteiger partial charge on any atom is -0.383 e. The molecule has 0 saturated heterocycles. The van der Waals surface area contributed by atoms with Crippen LogP contribution in [0, 0.1) is 0 Å². The van der Waals surface area contributed by atoms with Crippen LogP contribution in [0.4, 0.5) is 5.82 Å². The highest BCUT2D eigenvalue weighted by molar-refractivity contribution is 6.38. The van der Waals surface area contributed by atoms with E-state index in [9.17, 15) is 4.79 Å². The van der Waals surface area contributed by atoms with E-state index in [-0.39, 0.29) is 11.4 Å². The van der Waals surface area contributed by atoms with Crippen LogP contribution in [0.2, 0.25) is 5.02 Å². The van der Waals surface area contributed by atoms with Crippen LogP contribution >= 0.6 is 11.6 Å². The van der Waals surface area contributed by atoms with Crippen molar-refractivity contribution in [2.75, 3.05) is 32.9 Å². The average molecular weight is 455 g/mol. The smallest absolute Gasteiger partial charge is 0.251 e. The van der Waals surface area contributed by atoms with Crippen molar-refractivity contribution in [1.29, 1.82) is 0 Å². The molecule has 0 aliphatic heterocycles. The number of hydrogen-bond acceptors (Lipinski definition) is 6. The molecule has 0 atom stereocenters. The van der Waals surface area contributed by atoms with Crippen molar-refractivity contribution in [2.24, 2.45) is 0 Å². The molecule has 3 heterocycles. The SMILES string of the molecule is CN(C)CCNC(=O)c1ccc2c(Cl)c(-c3nn(C(C)(C)C)c4ncnc(N)c34)[nH]c2c1. The summed E-state index contributed by atoms with van der Waals surface area (Å²) in [4.78, 5) is 26.4. The summed E-state index contributed by atoms with van der Waals surface area (Å²) in [6, 6.07) is 5.39. The quantitative estimate of drug-likeness (QED) is 0.426. The van der Waals surface area contributed by atoms with E-state index >= 15 is 0 Å². The highest BCUT2D eigenvalue weighted by Crippen LogP contribution is 2.39. The van der Waals surface area contributed by atoms with Crippen LogP contribution in [0.5, 0.6) is 0 Å². The number of nitrogens with two attached hydrogens (primary N) is 1. The van der Waals surface area contributed by atoms with Crippen molar-refractivity contribution in [3.05, 3.63) is 35.1 Å². The molecule has 0 saturated carbocycles. The number of nitrogens with zero attached hydrogens (tertiary/aromatic N) is 5. The average Bonchev–Trinajstić information content (AvgIpc) is 3.26. The summed E-state index contributed by atoms with van der Waals surface area (Å²) in [5.41, 5.74) is 8.99. The number of rotatable bonds is 5. The van der Waals surface area contributed by atoms with Gasteiger partial charge in [0.2, 0.25) is 0 Å². The molecule has 32 heavy (non-hydrogen) atoms. The third-order valence-corrected chi connectivity index (χ3v) is 5.60. The van der Waals surface area contributed by atoms with E-state index in [1.807, 2.05) is 50.5 Å². The van der Waals surface area contributed by atoms with E-state index < -0.39 is 0 Å². The number of carbonyl (C=O) groups excluding carboxylic acids is 1. The van der Waals surface area contributed by atoms with Crippen molar-refractivity contribution in [2.45, 2.75) is 26.3 Å². The molecule has 1 aromatic carbocycles. The van der Waals surface area contributed by atoms with Gasteiger partial charge >= 0.3 is 0 Å². The van der Waals surface area contributed by atoms with Gasteiger partial charge in [0, 0.05) is 29.6 Å². The summed E-state index contributed by atoms with van der Waals surface area (Å²) in [7, 11) is 3.92. The van der Waals surface area contributed by atoms with Crippen LogP contribution in [-0.2, 0) is 5.54 Å². The summed E-state index contributed by atoms with van der Waals surface area (Å²) in [5, 5.41) is 9.65. The third kappa shape index (κ3) is 3.89. The number of hydrogen-bond donors (Lipinski definition) is 3. The number of fused-ring (bicyclic) bond motifs is 2. The van der Waals surface area contributed by atoms with Crippen LogP contribution < -0.4 is 11.1 Å². The van der Waals surface area contributed by atoms with Gasteiger partial charge in [-0.25, -0.2) is 14.6 Å². The molecule has 3 aromatic heterocycles. The number of halogens is 1. The molecule has 4 aromatic rings. The molecular weight excluding hydrogens is 428 g/mol. The van der Waals surface area contributed by atoms with Gasteiger partial charge in [0.1, 0.15) is 17.8 Å². The summed E-state index contributed by atoms with van der Waals surface area (Å²) in [5.74, 6) is 0.192. The molecule has 4 rings (SSSR count). The van der Waals surface area contributed by atoms with E-state index in [1.165, 1.54) is 6.33 Å². The monoisotopic (exact) mass is 454 g/mol. The Kier molecular flexibility index (Phi) is 5.56. The zero-order valence-electron chi connectivity index (χ0n) is 18.8. The Hall–Kier alpha value is -3.17. The molecular formula is C22H27ClN8O. The maximum atomic E-state index is 12.5. The predicted molar refractivity (Wildman–Crippen MR) is 128 cm³/mol. The molecule has 0 aliphatic carbocycles. The topological polar surface area (TPSA) is 118 Å². The van der Waals surface area contributed by atoms with E-state index in [1.54, 1.807) is 12.1 Å². The van der Waals surface area contributed by atoms with Crippen molar-refractivity contribution in [1.82, 2.24) is 34.9 Å². The van der Waals surface area contributed by atoms with Gasteiger partial charge in [-0.3, -0.25) is 4.79 Å². The summed E-state index contributed by atoms with van der Waals surface area (Å²) in [6.45, 7) is 7.44. The number of nitrogen functional groups attached to an aromatic ring is 1. The van der Waals surface area contributed by atoms with Gasteiger partial charge in [-0.15, -0.1) is 0 Å². The molecule has 168 valence electrons. The van der Waals surface area contributed by atoms with Crippen molar-refractivity contribution >= 4 is 45.3 Å². The Bertz CT molecular complexity index is 1320. The third-order valence-electron chi connectivity index (χ3n) is 5.21. The number of H-pyrrole nitrogens is 1. The maximum Gasteiger partial charge on any atom is 0.251 e. The molecule has 4 N–H and O–H groups in total. The Labute approximate surface area is 191 Å². The van der Waals surface area contributed by atoms with Gasteiger partial charge in [-0.2, -0.15) is 5.10 Å². The second-order valence-corrected chi connectivity index (χ2v) is 9.40. The van der Waals surface area contributed by atoms with Crippen molar-refractivity contribution in [3.63, 3.8) is 0 Å². The highest BCUT2D eigenvalue weighted by atomic mass is 35.5. The summed E-state index contributed by atoms with van der Waals surface area (Å²) >= 11 is 6.75. The number of benzene rings is 1. The molecule has 0 spiro atoms. The van der Waals surface area contributed by atoms with Gasteiger partial charge in [0.15, 0.2) is 5.65 Å². The number of carbonyl (C=O) groups is 1. The Morgan fingerprint density at radius 2 is 2.03 bits per heavy atom. The van der Waals surface area contributed by atoms with E-state index in [4.69, 9.17) is 22.4 Å². The number of likely N-dealkylation sites (N-methyl/N-ethyl adjacent to an activating group) is 1. The Balaban J connectivity index is 1.80. The number of amides is 1. The first-order valence-electron chi connectivity index (χ1n) is 10.3. The lowest BCUT2D eigenvalue weighted by Crippen LogP contribution is -2.31. The highest BCUT2D eigenvalue weighted by Gasteiger charge is 2.26. The van der Waals surface area contributed by atoms with Crippen molar-refractivity contribution < 1.29 is 4.79 Å². The zero-order chi connectivity index (χ0) is 23.2. The Morgan fingerprint density at radius 1 is 1.28 bits per heavy atom. The molecule has 0 fully saturated rings. The van der Waals surface area contributed by atoms with Crippen LogP contribution in [0.25, 0.3) is 33.3 Å². The van der Waals surface area contributed by atoms with Gasteiger partial charge in [0.25, 0.3) is 5.91 Å². The van der Waals surface area contributed by atoms with E-state index in [0.29, 0.717) is 45.4 Å². The standard InChI is InChI=1S/C22H27ClN8O/c1-22(2,3)31-20-15(19(24)26-11-27-20)17(29-31)18-16(23)13-7-6-12(10-14(13)28-18)21(32)25-8-9-30(4)5/h6-7,10-11,28H,8-9H2,1-5H3,(H,25,32)(H2,24,26,27). The van der Waals surface area contributed by atoms with Crippen LogP contribution in [-0.4, -0.2) is 62.7 Å². The first-order valence-corrected chi connectivity index (χ1v) is 10.7. The normalized spacial score (nSPS) is 12.2. The van der Waals surface area contributed by atoms with Crippen molar-refractivity contribution in [3.8, 4) is 11.4 Å². The lowest BCUT2D eigenvalue weighted by Gasteiger charge is -2.19. The van der Waals surface area contributed by atoms with E-state index in [0.717, 1.165) is 17.4 Å². The van der Waals surface area contributed by atoms with Gasteiger partial charge < -0.3 is 20.9 Å². The fraction of sp³-hybridized carbons (Fsp3) is 0.364. The minimum absolute atomic E-state index is 0.138. The molecule has 1 amide bonds. The molecule has 0 aliphatic rings. The molecule has 9 nitrogen and oxygen atoms in total. The second-order valence-electron chi connectivity index (χ2n) is 9.02. The molecule has 0 unspecified atom stereocenters. The molecule has 0 radical (unpaired) electrons. The lowest BCUT2D eigenvalue weighted by atomic mass is 10.1. The number of anilines is 1. The number of nitrogens with one attached hydrogen (secondary N) is 2. The fourth-order valence-corrected chi connectivity index (χ4v) is 3.88. The van der Waals surface area contributed by atoms with Crippen LogP contribution in [0.1, 0.15) is 31.1 Å². The van der Waals surface area contributed by atoms with E-state index in [2.05, 4.69) is 20.3 Å². The predicted octanol–water partition coefficient (Wildman–Crippen LogP) is 3.26. The fourth-order valence-electron chi connectivity index (χ4n) is 3.58. The summed E-state index contributed by atoms with van der Waals surface area (Å²) in [6.07, 6.45) is 1.43. The first-order chi connectivity index (χ1) is 15.1. The zero-order valence-corrected chi connectivity index (χ0v) is 19.6. The molecule has 0 bridgehead atoms. The van der Waals surface area contributed by atoms with Gasteiger partial charge in [-0.1, -0.05) is 17.7 Å². The lowest BCUT2D eigenvalue weighted by molar-refractivity contribution is 0.0951. The van der Waals surface area contributed by atoms with Gasteiger partial charge in [-0.05, 0) is 47.0 Å². The van der Waals surface area contributed by atoms with Crippen LogP contribution in [0.15, 0.2) is 24.5 Å². The Morgan fingerprint density at radius 3 is 2.72 bits per heavy atom. The number of aromatic amines is 1. The van der Waals surface area contributed by atoms with Crippen LogP contribution in [0.3, 0.4) is 0 Å². The largest absolute Gasteiger partial charge is 0.383 e. The molecule has 10 heteroatoms. The number of aromatic nitrogens is 5. The minimum atomic E-state index is -0.326.